The molecule has 2 aromatic heterocycles. The highest BCUT2D eigenvalue weighted by Crippen LogP contribution is 2.19. The van der Waals surface area contributed by atoms with Crippen molar-refractivity contribution in [3.05, 3.63) is 64.7 Å². The van der Waals surface area contributed by atoms with Crippen LogP contribution in [0.25, 0.3) is 0 Å². The summed E-state index contributed by atoms with van der Waals surface area (Å²) < 4.78 is 0. The number of aromatic nitrogens is 4. The fraction of sp³-hybridized carbons (Fsp3) is 0.235. The number of nitrogens with one attached hydrogen (secondary N) is 2. The fourth-order valence-corrected chi connectivity index (χ4v) is 3.10. The minimum absolute atomic E-state index is 0.234. The maximum atomic E-state index is 12.1. The topological polar surface area (TPSA) is 92.7 Å². The zero-order valence-electron chi connectivity index (χ0n) is 13.9. The van der Waals surface area contributed by atoms with Crippen LogP contribution < -0.4 is 10.6 Å². The molecule has 1 aromatic carbocycles. The van der Waals surface area contributed by atoms with E-state index in [1.807, 2.05) is 13.0 Å². The van der Waals surface area contributed by atoms with E-state index in [-0.39, 0.29) is 12.1 Å². The van der Waals surface area contributed by atoms with Crippen LogP contribution in [0.2, 0.25) is 0 Å². The SMILES string of the molecule is Cc1cccc(Cc2nnc(NC(=O)N[C@H](C)c3ccncn3)s2)c1. The molecule has 7 nitrogen and oxygen atoms in total. The van der Waals surface area contributed by atoms with Gasteiger partial charge in [0, 0.05) is 12.6 Å². The Kier molecular flexibility index (Phi) is 5.30. The van der Waals surface area contributed by atoms with E-state index in [1.165, 1.54) is 28.8 Å². The molecule has 0 radical (unpaired) electrons. The number of benzene rings is 1. The lowest BCUT2D eigenvalue weighted by molar-refractivity contribution is 0.249. The summed E-state index contributed by atoms with van der Waals surface area (Å²) in [5.74, 6) is 0. The standard InChI is InChI=1S/C17H18N6OS/c1-11-4-3-5-13(8-11)9-15-22-23-17(25-15)21-16(24)20-12(2)14-6-7-18-10-19-14/h3-8,10,12H,9H2,1-2H3,(H2,20,21,23,24)/t12-/m1/s1. The number of aryl methyl sites for hydroxylation is 1. The minimum Gasteiger partial charge on any atom is -0.330 e. The van der Waals surface area contributed by atoms with Crippen LogP contribution in [0.4, 0.5) is 9.93 Å². The summed E-state index contributed by atoms with van der Waals surface area (Å²) in [6.45, 7) is 3.91. The molecule has 0 aliphatic rings. The van der Waals surface area contributed by atoms with Crippen molar-refractivity contribution in [1.29, 1.82) is 0 Å². The van der Waals surface area contributed by atoms with Gasteiger partial charge < -0.3 is 5.32 Å². The van der Waals surface area contributed by atoms with Gasteiger partial charge in [0.05, 0.1) is 11.7 Å². The van der Waals surface area contributed by atoms with Crippen LogP contribution >= 0.6 is 11.3 Å². The molecular weight excluding hydrogens is 336 g/mol. The third kappa shape index (κ3) is 4.80. The first-order valence-corrected chi connectivity index (χ1v) is 8.63. The lowest BCUT2D eigenvalue weighted by Gasteiger charge is -2.12. The first kappa shape index (κ1) is 17.0. The molecule has 2 amide bonds. The van der Waals surface area contributed by atoms with Crippen molar-refractivity contribution in [1.82, 2.24) is 25.5 Å². The van der Waals surface area contributed by atoms with Crippen LogP contribution in [0.3, 0.4) is 0 Å². The van der Waals surface area contributed by atoms with Crippen LogP contribution in [-0.2, 0) is 6.42 Å². The summed E-state index contributed by atoms with van der Waals surface area (Å²) in [4.78, 5) is 20.1. The Balaban J connectivity index is 1.56. The number of rotatable bonds is 5. The Bertz CT molecular complexity index is 851. The molecular formula is C17H18N6OS. The van der Waals surface area contributed by atoms with E-state index in [0.29, 0.717) is 11.6 Å². The monoisotopic (exact) mass is 354 g/mol. The van der Waals surface area contributed by atoms with Gasteiger partial charge in [0.2, 0.25) is 5.13 Å². The summed E-state index contributed by atoms with van der Waals surface area (Å²) in [7, 11) is 0. The van der Waals surface area contributed by atoms with E-state index in [2.05, 4.69) is 55.9 Å². The molecule has 0 aliphatic carbocycles. The second-order valence-corrected chi connectivity index (χ2v) is 6.68. The van der Waals surface area contributed by atoms with Gasteiger partial charge in [0.25, 0.3) is 0 Å². The van der Waals surface area contributed by atoms with Gasteiger partial charge in [-0.2, -0.15) is 0 Å². The van der Waals surface area contributed by atoms with Gasteiger partial charge in [0.1, 0.15) is 11.3 Å². The first-order chi connectivity index (χ1) is 12.1. The van der Waals surface area contributed by atoms with Crippen molar-refractivity contribution in [3.8, 4) is 0 Å². The molecule has 128 valence electrons. The largest absolute Gasteiger partial charge is 0.330 e. The fourth-order valence-electron chi connectivity index (χ4n) is 2.33. The molecule has 1 atom stereocenters. The lowest BCUT2D eigenvalue weighted by atomic mass is 10.1. The smallest absolute Gasteiger partial charge is 0.321 e. The molecule has 2 heterocycles. The van der Waals surface area contributed by atoms with E-state index < -0.39 is 0 Å². The number of amides is 2. The lowest BCUT2D eigenvalue weighted by Crippen LogP contribution is -2.31. The van der Waals surface area contributed by atoms with Crippen LogP contribution in [0, 0.1) is 6.92 Å². The Morgan fingerprint density at radius 1 is 1.28 bits per heavy atom. The van der Waals surface area contributed by atoms with Gasteiger partial charge in [-0.15, -0.1) is 10.2 Å². The number of hydrogen-bond acceptors (Lipinski definition) is 6. The number of hydrogen-bond donors (Lipinski definition) is 2. The second kappa shape index (κ2) is 7.80. The molecule has 0 saturated heterocycles. The molecule has 3 aromatic rings. The molecule has 8 heteroatoms. The summed E-state index contributed by atoms with van der Waals surface area (Å²) in [5.41, 5.74) is 3.12. The van der Waals surface area contributed by atoms with E-state index in [9.17, 15) is 4.79 Å². The Morgan fingerprint density at radius 2 is 2.16 bits per heavy atom. The number of carbonyl (C=O) groups is 1. The van der Waals surface area contributed by atoms with Gasteiger partial charge in [-0.05, 0) is 25.5 Å². The Labute approximate surface area is 149 Å². The summed E-state index contributed by atoms with van der Waals surface area (Å²) in [6.07, 6.45) is 3.79. The molecule has 3 rings (SSSR count). The first-order valence-electron chi connectivity index (χ1n) is 7.81. The van der Waals surface area contributed by atoms with Crippen LogP contribution in [0.5, 0.6) is 0 Å². The number of urea groups is 1. The van der Waals surface area contributed by atoms with Crippen LogP contribution in [0.1, 0.15) is 34.8 Å². The predicted octanol–water partition coefficient (Wildman–Crippen LogP) is 3.11. The molecule has 0 fully saturated rings. The van der Waals surface area contributed by atoms with Crippen molar-refractivity contribution in [3.63, 3.8) is 0 Å². The quantitative estimate of drug-likeness (QED) is 0.734. The van der Waals surface area contributed by atoms with Crippen LogP contribution in [0.15, 0.2) is 42.9 Å². The zero-order chi connectivity index (χ0) is 17.6. The van der Waals surface area contributed by atoms with Gasteiger partial charge in [-0.3, -0.25) is 5.32 Å². The highest BCUT2D eigenvalue weighted by molar-refractivity contribution is 7.15. The molecule has 0 bridgehead atoms. The van der Waals surface area contributed by atoms with Gasteiger partial charge in [-0.1, -0.05) is 41.2 Å². The Hall–Kier alpha value is -2.87. The second-order valence-electron chi connectivity index (χ2n) is 5.62. The van der Waals surface area contributed by atoms with Crippen molar-refractivity contribution in [2.45, 2.75) is 26.3 Å². The predicted molar refractivity (Wildman–Crippen MR) is 96.5 cm³/mol. The molecule has 0 unspecified atom stereocenters. The van der Waals surface area contributed by atoms with Crippen molar-refractivity contribution in [2.24, 2.45) is 0 Å². The van der Waals surface area contributed by atoms with Gasteiger partial charge in [0.15, 0.2) is 0 Å². The van der Waals surface area contributed by atoms with E-state index in [1.54, 1.807) is 12.3 Å². The van der Waals surface area contributed by atoms with E-state index in [4.69, 9.17) is 0 Å². The maximum Gasteiger partial charge on any atom is 0.321 e. The number of nitrogens with zero attached hydrogens (tertiary/aromatic N) is 4. The van der Waals surface area contributed by atoms with Crippen molar-refractivity contribution >= 4 is 22.5 Å². The average molecular weight is 354 g/mol. The number of anilines is 1. The third-order valence-electron chi connectivity index (χ3n) is 3.52. The highest BCUT2D eigenvalue weighted by Gasteiger charge is 2.13. The highest BCUT2D eigenvalue weighted by atomic mass is 32.1. The Morgan fingerprint density at radius 3 is 2.92 bits per heavy atom. The normalized spacial score (nSPS) is 11.8. The summed E-state index contributed by atoms with van der Waals surface area (Å²) in [6, 6.07) is 9.43. The third-order valence-corrected chi connectivity index (χ3v) is 4.36. The van der Waals surface area contributed by atoms with Crippen LogP contribution in [-0.4, -0.2) is 26.2 Å². The van der Waals surface area contributed by atoms with Gasteiger partial charge in [-0.25, -0.2) is 14.8 Å². The molecule has 25 heavy (non-hydrogen) atoms. The molecule has 0 spiro atoms. The number of carbonyl (C=O) groups excluding carboxylic acids is 1. The minimum atomic E-state index is -0.343. The van der Waals surface area contributed by atoms with E-state index in [0.717, 1.165) is 10.7 Å². The summed E-state index contributed by atoms with van der Waals surface area (Å²) in [5, 5.41) is 15.0. The molecule has 0 saturated carbocycles. The average Bonchev–Trinajstić information content (AvgIpc) is 3.02. The molecule has 0 aliphatic heterocycles. The summed E-state index contributed by atoms with van der Waals surface area (Å²) >= 11 is 1.37. The van der Waals surface area contributed by atoms with Crippen molar-refractivity contribution in [2.75, 3.05) is 5.32 Å². The maximum absolute atomic E-state index is 12.1. The van der Waals surface area contributed by atoms with Crippen molar-refractivity contribution < 1.29 is 4.79 Å². The molecule has 2 N–H and O–H groups in total. The zero-order valence-corrected chi connectivity index (χ0v) is 14.7. The van der Waals surface area contributed by atoms with E-state index >= 15 is 0 Å². The van der Waals surface area contributed by atoms with Gasteiger partial charge >= 0.3 is 6.03 Å².